The van der Waals surface area contributed by atoms with Gasteiger partial charge in [0.1, 0.15) is 16.9 Å². The van der Waals surface area contributed by atoms with Gasteiger partial charge in [-0.1, -0.05) is 6.08 Å². The Hall–Kier alpha value is -2.05. The monoisotopic (exact) mass is 316 g/mol. The summed E-state index contributed by atoms with van der Waals surface area (Å²) in [6.07, 6.45) is -0.977. The Morgan fingerprint density at radius 2 is 1.77 bits per heavy atom. The molecule has 2 rings (SSSR count). The van der Waals surface area contributed by atoms with Crippen LogP contribution in [0, 0.1) is 5.41 Å². The molecule has 1 unspecified atom stereocenters. The zero-order valence-electron chi connectivity index (χ0n) is 12.1. The lowest BCUT2D eigenvalue weighted by atomic mass is 9.68. The molecule has 0 saturated carbocycles. The summed E-state index contributed by atoms with van der Waals surface area (Å²) in [6, 6.07) is 0. The Bertz CT molecular complexity index is 598. The number of rotatable bonds is 2. The molecule has 0 bridgehead atoms. The van der Waals surface area contributed by atoms with Crippen LogP contribution in [-0.2, 0) is 19.1 Å². The quantitative estimate of drug-likeness (QED) is 0.731. The third-order valence-corrected chi connectivity index (χ3v) is 3.63. The molecule has 0 heterocycles. The number of esters is 2. The molecule has 7 heteroatoms. The van der Waals surface area contributed by atoms with Crippen LogP contribution in [0.2, 0.25) is 0 Å². The smallest absolute Gasteiger partial charge is 0.405 e. The van der Waals surface area contributed by atoms with E-state index >= 15 is 0 Å². The summed E-state index contributed by atoms with van der Waals surface area (Å²) in [5.41, 5.74) is -2.41. The first-order valence-electron chi connectivity index (χ1n) is 6.72. The molecule has 2 aliphatic rings. The van der Waals surface area contributed by atoms with Crippen molar-refractivity contribution >= 4 is 11.9 Å². The van der Waals surface area contributed by atoms with Crippen molar-refractivity contribution in [3.63, 3.8) is 0 Å². The van der Waals surface area contributed by atoms with Crippen LogP contribution in [0.1, 0.15) is 33.1 Å². The molecule has 0 radical (unpaired) electrons. The third kappa shape index (κ3) is 2.80. The second kappa shape index (κ2) is 5.62. The van der Waals surface area contributed by atoms with Crippen molar-refractivity contribution in [2.75, 3.05) is 0 Å². The van der Waals surface area contributed by atoms with Gasteiger partial charge in [-0.25, -0.2) is 0 Å². The van der Waals surface area contributed by atoms with Gasteiger partial charge < -0.3 is 9.47 Å². The molecule has 120 valence electrons. The van der Waals surface area contributed by atoms with Crippen molar-refractivity contribution in [2.45, 2.75) is 39.3 Å². The van der Waals surface area contributed by atoms with Crippen LogP contribution in [0.15, 0.2) is 35.3 Å². The second-order valence-electron chi connectivity index (χ2n) is 5.16. The van der Waals surface area contributed by atoms with E-state index in [1.54, 1.807) is 0 Å². The minimum absolute atomic E-state index is 0.0544. The van der Waals surface area contributed by atoms with Crippen molar-refractivity contribution in [1.29, 1.82) is 0 Å². The van der Waals surface area contributed by atoms with Gasteiger partial charge in [0.15, 0.2) is 0 Å². The highest BCUT2D eigenvalue weighted by molar-refractivity contribution is 5.69. The fourth-order valence-corrected chi connectivity index (χ4v) is 2.78. The number of halogens is 3. The highest BCUT2D eigenvalue weighted by Crippen LogP contribution is 2.57. The summed E-state index contributed by atoms with van der Waals surface area (Å²) < 4.78 is 51.0. The van der Waals surface area contributed by atoms with Crippen LogP contribution >= 0.6 is 0 Å². The summed E-state index contributed by atoms with van der Waals surface area (Å²) in [6.45, 7) is 2.25. The number of carbonyl (C=O) groups is 2. The summed E-state index contributed by atoms with van der Waals surface area (Å²) in [5.74, 6) is -1.60. The molecule has 1 atom stereocenters. The predicted octanol–water partition coefficient (Wildman–Crippen LogP) is 3.55. The summed E-state index contributed by atoms with van der Waals surface area (Å²) in [7, 11) is 0. The molecule has 0 saturated heterocycles. The lowest BCUT2D eigenvalue weighted by Gasteiger charge is -2.42. The molecule has 4 nitrogen and oxygen atoms in total. The Labute approximate surface area is 125 Å². The number of allylic oxidation sites excluding steroid dienone is 5. The topological polar surface area (TPSA) is 52.6 Å². The van der Waals surface area contributed by atoms with E-state index in [4.69, 9.17) is 9.47 Å². The molecule has 22 heavy (non-hydrogen) atoms. The van der Waals surface area contributed by atoms with Gasteiger partial charge in [0, 0.05) is 20.3 Å². The maximum absolute atomic E-state index is 13.7. The number of hydrogen-bond acceptors (Lipinski definition) is 4. The van der Waals surface area contributed by atoms with Crippen LogP contribution in [0.5, 0.6) is 0 Å². The number of carbonyl (C=O) groups excluding carboxylic acids is 2. The third-order valence-electron chi connectivity index (χ3n) is 3.63. The first-order chi connectivity index (χ1) is 10.2. The van der Waals surface area contributed by atoms with E-state index in [0.29, 0.717) is 0 Å². The van der Waals surface area contributed by atoms with E-state index in [1.165, 1.54) is 25.2 Å². The molecule has 0 aromatic rings. The van der Waals surface area contributed by atoms with Crippen LogP contribution in [0.3, 0.4) is 0 Å². The molecule has 0 aromatic heterocycles. The number of alkyl halides is 3. The predicted molar refractivity (Wildman–Crippen MR) is 70.1 cm³/mol. The van der Waals surface area contributed by atoms with Crippen molar-refractivity contribution < 1.29 is 32.2 Å². The Kier molecular flexibility index (Phi) is 4.17. The van der Waals surface area contributed by atoms with Gasteiger partial charge in [-0.15, -0.1) is 0 Å². The fraction of sp³-hybridized carbons (Fsp3) is 0.467. The number of hydrogen-bond donors (Lipinski definition) is 0. The number of fused-ring (bicyclic) bond motifs is 1. The van der Waals surface area contributed by atoms with Crippen LogP contribution in [0.25, 0.3) is 0 Å². The van der Waals surface area contributed by atoms with E-state index < -0.39 is 29.3 Å². The maximum Gasteiger partial charge on any atom is 0.405 e. The van der Waals surface area contributed by atoms with Crippen LogP contribution in [-0.4, -0.2) is 18.1 Å². The summed E-state index contributed by atoms with van der Waals surface area (Å²) in [5, 5.41) is 0. The molecule has 0 aromatic carbocycles. The van der Waals surface area contributed by atoms with E-state index in [0.717, 1.165) is 6.92 Å². The van der Waals surface area contributed by atoms with Gasteiger partial charge in [0.2, 0.25) is 0 Å². The zero-order valence-corrected chi connectivity index (χ0v) is 12.1. The molecule has 0 fully saturated rings. The largest absolute Gasteiger partial charge is 0.431 e. The van der Waals surface area contributed by atoms with Crippen LogP contribution in [0.4, 0.5) is 13.2 Å². The van der Waals surface area contributed by atoms with Crippen molar-refractivity contribution in [1.82, 2.24) is 0 Å². The van der Waals surface area contributed by atoms with E-state index in [1.807, 2.05) is 0 Å². The average Bonchev–Trinajstić information content (AvgIpc) is 2.36. The van der Waals surface area contributed by atoms with E-state index in [-0.39, 0.29) is 30.6 Å². The van der Waals surface area contributed by atoms with Crippen molar-refractivity contribution in [3.05, 3.63) is 35.3 Å². The SMILES string of the molecule is CC(=O)OC1=CC2=CCC=C(OC(C)=O)C2(C(F)(F)F)CC1. The summed E-state index contributed by atoms with van der Waals surface area (Å²) >= 11 is 0. The van der Waals surface area contributed by atoms with Gasteiger partial charge in [-0.2, -0.15) is 13.2 Å². The first kappa shape index (κ1) is 16.3. The van der Waals surface area contributed by atoms with Gasteiger partial charge in [0.25, 0.3) is 0 Å². The molecule has 0 spiro atoms. The Morgan fingerprint density at radius 1 is 1.14 bits per heavy atom. The van der Waals surface area contributed by atoms with Crippen molar-refractivity contribution in [2.24, 2.45) is 5.41 Å². The van der Waals surface area contributed by atoms with Crippen LogP contribution < -0.4 is 0 Å². The van der Waals surface area contributed by atoms with Gasteiger partial charge in [0.05, 0.1) is 0 Å². The van der Waals surface area contributed by atoms with Gasteiger partial charge >= 0.3 is 18.1 Å². The highest BCUT2D eigenvalue weighted by atomic mass is 19.4. The number of ether oxygens (including phenoxy) is 2. The van der Waals surface area contributed by atoms with Gasteiger partial charge in [-0.05, 0) is 30.6 Å². The van der Waals surface area contributed by atoms with E-state index in [2.05, 4.69) is 0 Å². The molecular weight excluding hydrogens is 301 g/mol. The van der Waals surface area contributed by atoms with Gasteiger partial charge in [-0.3, -0.25) is 9.59 Å². The molecule has 2 aliphatic carbocycles. The standard InChI is InChI=1S/C15H15F3O4/c1-9(19)21-12-6-7-14(15(16,17)18)11(8-12)4-3-5-13(14)22-10(2)20/h4-5,8H,3,6-7H2,1-2H3. The lowest BCUT2D eigenvalue weighted by Crippen LogP contribution is -2.45. The minimum atomic E-state index is -4.63. The molecule has 0 N–H and O–H groups in total. The van der Waals surface area contributed by atoms with E-state index in [9.17, 15) is 22.8 Å². The maximum atomic E-state index is 13.7. The molecule has 0 aliphatic heterocycles. The molecular formula is C15H15F3O4. The highest BCUT2D eigenvalue weighted by Gasteiger charge is 2.62. The first-order valence-corrected chi connectivity index (χ1v) is 6.72. The average molecular weight is 316 g/mol. The minimum Gasteiger partial charge on any atom is -0.431 e. The molecule has 0 amide bonds. The Balaban J connectivity index is 2.47. The van der Waals surface area contributed by atoms with Crippen molar-refractivity contribution in [3.8, 4) is 0 Å². The fourth-order valence-electron chi connectivity index (χ4n) is 2.78. The zero-order chi connectivity index (χ0) is 16.5. The summed E-state index contributed by atoms with van der Waals surface area (Å²) in [4.78, 5) is 22.1. The normalized spacial score (nSPS) is 24.5. The Morgan fingerprint density at radius 3 is 2.32 bits per heavy atom. The second-order valence-corrected chi connectivity index (χ2v) is 5.16. The lowest BCUT2D eigenvalue weighted by molar-refractivity contribution is -0.211.